The Morgan fingerprint density at radius 1 is 1.05 bits per heavy atom. The molecule has 0 fully saturated rings. The largest absolute Gasteiger partial charge is 0.399 e. The van der Waals surface area contributed by atoms with E-state index < -0.39 is 10.0 Å². The molecule has 102 valence electrons. The number of sulfonamides is 1. The molecule has 1 aliphatic rings. The lowest BCUT2D eigenvalue weighted by molar-refractivity contribution is 0.597. The van der Waals surface area contributed by atoms with Gasteiger partial charge in [0.15, 0.2) is 0 Å². The molecule has 5 nitrogen and oxygen atoms in total. The zero-order valence-corrected chi connectivity index (χ0v) is 11.4. The molecule has 0 unspecified atom stereocenters. The van der Waals surface area contributed by atoms with Gasteiger partial charge in [-0.25, -0.2) is 0 Å². The molecule has 20 heavy (non-hydrogen) atoms. The number of fused-ring (bicyclic) bond motifs is 1. The van der Waals surface area contributed by atoms with E-state index in [0.29, 0.717) is 17.9 Å². The Hall–Kier alpha value is -2.34. The van der Waals surface area contributed by atoms with E-state index >= 15 is 0 Å². The Morgan fingerprint density at radius 2 is 1.75 bits per heavy atom. The van der Waals surface area contributed by atoms with Gasteiger partial charge in [-0.05, 0) is 29.8 Å². The molecule has 1 aliphatic heterocycles. The molecular weight excluding hydrogens is 274 g/mol. The quantitative estimate of drug-likeness (QED) is 0.857. The van der Waals surface area contributed by atoms with Crippen LogP contribution >= 0.6 is 0 Å². The first-order chi connectivity index (χ1) is 9.56. The maximum Gasteiger partial charge on any atom is 0.285 e. The van der Waals surface area contributed by atoms with Gasteiger partial charge in [-0.1, -0.05) is 24.3 Å². The molecular formula is C14H13N3O2S. The summed E-state index contributed by atoms with van der Waals surface area (Å²) in [6, 6.07) is 14.3. The standard InChI is InChI=1S/C14H13N3O2S/c15-12-7-5-11(6-8-12)9-17-10-16-20(18,19)14-4-2-1-3-13(14)17/h1-8,10H,9,15H2. The average Bonchev–Trinajstić information content (AvgIpc) is 2.45. The molecule has 0 atom stereocenters. The Labute approximate surface area is 117 Å². The molecule has 2 N–H and O–H groups in total. The molecule has 0 aromatic heterocycles. The van der Waals surface area contributed by atoms with Gasteiger partial charge in [0.05, 0.1) is 5.69 Å². The summed E-state index contributed by atoms with van der Waals surface area (Å²) >= 11 is 0. The average molecular weight is 287 g/mol. The summed E-state index contributed by atoms with van der Waals surface area (Å²) in [6.07, 6.45) is 1.36. The van der Waals surface area contributed by atoms with Crippen LogP contribution in [0.2, 0.25) is 0 Å². The van der Waals surface area contributed by atoms with Crippen molar-refractivity contribution in [2.45, 2.75) is 11.4 Å². The van der Waals surface area contributed by atoms with Crippen molar-refractivity contribution in [3.05, 3.63) is 54.1 Å². The summed E-state index contributed by atoms with van der Waals surface area (Å²) < 4.78 is 27.4. The zero-order valence-electron chi connectivity index (χ0n) is 10.6. The first-order valence-corrected chi connectivity index (χ1v) is 7.51. The first-order valence-electron chi connectivity index (χ1n) is 6.07. The van der Waals surface area contributed by atoms with Gasteiger partial charge in [0.2, 0.25) is 0 Å². The summed E-state index contributed by atoms with van der Waals surface area (Å²) in [5.74, 6) is 0. The predicted molar refractivity (Wildman–Crippen MR) is 79.2 cm³/mol. The maximum absolute atomic E-state index is 11.9. The number of nitrogen functional groups attached to an aromatic ring is 1. The molecule has 1 heterocycles. The molecule has 0 spiro atoms. The fourth-order valence-corrected chi connectivity index (χ4v) is 3.15. The van der Waals surface area contributed by atoms with Crippen LogP contribution in [0, 0.1) is 0 Å². The highest BCUT2D eigenvalue weighted by Gasteiger charge is 2.24. The van der Waals surface area contributed by atoms with Gasteiger partial charge in [-0.2, -0.15) is 8.42 Å². The third-order valence-electron chi connectivity index (χ3n) is 3.11. The fraction of sp³-hybridized carbons (Fsp3) is 0.0714. The second kappa shape index (κ2) is 4.64. The van der Waals surface area contributed by atoms with Crippen LogP contribution in [0.5, 0.6) is 0 Å². The Balaban J connectivity index is 1.98. The molecule has 0 amide bonds. The molecule has 2 aromatic rings. The molecule has 3 rings (SSSR count). The number of rotatable bonds is 2. The summed E-state index contributed by atoms with van der Waals surface area (Å²) in [6.45, 7) is 0.538. The van der Waals surface area contributed by atoms with Crippen LogP contribution in [-0.2, 0) is 16.6 Å². The predicted octanol–water partition coefficient (Wildman–Crippen LogP) is 2.01. The molecule has 6 heteroatoms. The van der Waals surface area contributed by atoms with Gasteiger partial charge >= 0.3 is 0 Å². The van der Waals surface area contributed by atoms with Crippen LogP contribution < -0.4 is 10.6 Å². The highest BCUT2D eigenvalue weighted by molar-refractivity contribution is 7.90. The number of anilines is 2. The van der Waals surface area contributed by atoms with Crippen molar-refractivity contribution in [1.29, 1.82) is 0 Å². The minimum Gasteiger partial charge on any atom is -0.399 e. The second-order valence-corrected chi connectivity index (χ2v) is 6.13. The Morgan fingerprint density at radius 3 is 2.50 bits per heavy atom. The van der Waals surface area contributed by atoms with Crippen molar-refractivity contribution in [1.82, 2.24) is 0 Å². The van der Waals surface area contributed by atoms with Crippen molar-refractivity contribution >= 4 is 27.7 Å². The van der Waals surface area contributed by atoms with E-state index in [-0.39, 0.29) is 4.90 Å². The summed E-state index contributed by atoms with van der Waals surface area (Å²) in [4.78, 5) is 2.04. The molecule has 0 saturated carbocycles. The van der Waals surface area contributed by atoms with Crippen LogP contribution in [0.15, 0.2) is 57.8 Å². The van der Waals surface area contributed by atoms with Crippen LogP contribution in [0.3, 0.4) is 0 Å². The van der Waals surface area contributed by atoms with Gasteiger partial charge in [0, 0.05) is 12.2 Å². The van der Waals surface area contributed by atoms with Gasteiger partial charge in [0.25, 0.3) is 10.0 Å². The van der Waals surface area contributed by atoms with Crippen LogP contribution in [0.4, 0.5) is 11.4 Å². The number of nitrogens with zero attached hydrogens (tertiary/aromatic N) is 2. The normalized spacial score (nSPS) is 15.9. The highest BCUT2D eigenvalue weighted by atomic mass is 32.2. The minimum atomic E-state index is -3.57. The third kappa shape index (κ3) is 2.25. The smallest absolute Gasteiger partial charge is 0.285 e. The minimum absolute atomic E-state index is 0.234. The van der Waals surface area contributed by atoms with Crippen molar-refractivity contribution in [2.24, 2.45) is 4.40 Å². The molecule has 0 radical (unpaired) electrons. The lowest BCUT2D eigenvalue weighted by Gasteiger charge is -2.25. The lowest BCUT2D eigenvalue weighted by atomic mass is 10.2. The topological polar surface area (TPSA) is 75.8 Å². The van der Waals surface area contributed by atoms with Crippen molar-refractivity contribution in [3.63, 3.8) is 0 Å². The Bertz CT molecular complexity index is 767. The number of hydrogen-bond acceptors (Lipinski definition) is 4. The molecule has 0 saturated heterocycles. The number of nitrogens with two attached hydrogens (primary N) is 1. The summed E-state index contributed by atoms with van der Waals surface area (Å²) in [5, 5.41) is 0. The Kier molecular flexibility index (Phi) is 2.94. The van der Waals surface area contributed by atoms with E-state index in [9.17, 15) is 8.42 Å². The van der Waals surface area contributed by atoms with E-state index in [4.69, 9.17) is 5.73 Å². The van der Waals surface area contributed by atoms with E-state index in [1.807, 2.05) is 35.2 Å². The number of para-hydroxylation sites is 1. The van der Waals surface area contributed by atoms with Gasteiger partial charge in [0.1, 0.15) is 11.2 Å². The second-order valence-electron chi connectivity index (χ2n) is 4.53. The zero-order chi connectivity index (χ0) is 14.2. The van der Waals surface area contributed by atoms with Crippen molar-refractivity contribution < 1.29 is 8.42 Å². The van der Waals surface area contributed by atoms with E-state index in [1.165, 1.54) is 6.34 Å². The van der Waals surface area contributed by atoms with Crippen LogP contribution in [-0.4, -0.2) is 14.8 Å². The highest BCUT2D eigenvalue weighted by Crippen LogP contribution is 2.30. The SMILES string of the molecule is Nc1ccc(CN2C=NS(=O)(=O)c3ccccc32)cc1. The number of benzene rings is 2. The molecule has 0 bridgehead atoms. The molecule has 0 aliphatic carbocycles. The van der Waals surface area contributed by atoms with Gasteiger partial charge in [-0.15, -0.1) is 4.40 Å². The fourth-order valence-electron chi connectivity index (χ4n) is 2.10. The van der Waals surface area contributed by atoms with Crippen LogP contribution in [0.25, 0.3) is 0 Å². The van der Waals surface area contributed by atoms with Gasteiger partial charge < -0.3 is 10.6 Å². The van der Waals surface area contributed by atoms with Crippen LogP contribution in [0.1, 0.15) is 5.56 Å². The van der Waals surface area contributed by atoms with Crippen molar-refractivity contribution in [3.8, 4) is 0 Å². The summed E-state index contributed by atoms with van der Waals surface area (Å²) in [5.41, 5.74) is 8.02. The number of hydrogen-bond donors (Lipinski definition) is 1. The van der Waals surface area contributed by atoms with Crippen molar-refractivity contribution in [2.75, 3.05) is 10.6 Å². The van der Waals surface area contributed by atoms with E-state index in [1.54, 1.807) is 18.2 Å². The maximum atomic E-state index is 11.9. The third-order valence-corrected chi connectivity index (χ3v) is 4.38. The van der Waals surface area contributed by atoms with Gasteiger partial charge in [-0.3, -0.25) is 0 Å². The van der Waals surface area contributed by atoms with E-state index in [2.05, 4.69) is 4.40 Å². The molecule has 2 aromatic carbocycles. The monoisotopic (exact) mass is 287 g/mol. The lowest BCUT2D eigenvalue weighted by Crippen LogP contribution is -2.26. The first kappa shape index (κ1) is 12.7. The van der Waals surface area contributed by atoms with E-state index in [0.717, 1.165) is 5.56 Å². The summed E-state index contributed by atoms with van der Waals surface area (Å²) in [7, 11) is -3.57.